The van der Waals surface area contributed by atoms with Gasteiger partial charge in [-0.15, -0.1) is 0 Å². The van der Waals surface area contributed by atoms with Crippen LogP contribution in [0, 0.1) is 0 Å². The Balaban J connectivity index is 1.47. The molecule has 2 fully saturated rings. The van der Waals surface area contributed by atoms with Gasteiger partial charge < -0.3 is 9.72 Å². The van der Waals surface area contributed by atoms with Crippen LogP contribution in [0.4, 0.5) is 0 Å². The van der Waals surface area contributed by atoms with Crippen molar-refractivity contribution < 1.29 is 4.74 Å². The number of H-pyrrole nitrogens is 1. The van der Waals surface area contributed by atoms with Crippen molar-refractivity contribution in [2.45, 2.75) is 31.8 Å². The highest BCUT2D eigenvalue weighted by molar-refractivity contribution is 5.98. The summed E-state index contributed by atoms with van der Waals surface area (Å²) < 4.78 is 7.52. The van der Waals surface area contributed by atoms with Gasteiger partial charge in [0.1, 0.15) is 5.65 Å². The molecule has 2 saturated heterocycles. The Morgan fingerprint density at radius 3 is 2.79 bits per heavy atom. The Kier molecular flexibility index (Phi) is 4.29. The molecule has 7 heteroatoms. The van der Waals surface area contributed by atoms with E-state index in [1.165, 1.54) is 5.69 Å². The maximum Gasteiger partial charge on any atom is 0.137 e. The lowest BCUT2D eigenvalue weighted by Gasteiger charge is -2.47. The number of nitrogens with one attached hydrogen (secondary N) is 1. The van der Waals surface area contributed by atoms with Crippen LogP contribution in [0.25, 0.3) is 22.3 Å². The van der Waals surface area contributed by atoms with Crippen molar-refractivity contribution in [1.82, 2.24) is 24.6 Å². The minimum Gasteiger partial charge on any atom is -0.378 e. The molecule has 0 spiro atoms. The minimum absolute atomic E-state index is 0.330. The summed E-state index contributed by atoms with van der Waals surface area (Å²) in [5.74, 6) is 0.538. The first kappa shape index (κ1) is 17.6. The molecule has 1 N–H and O–H groups in total. The molecule has 0 unspecified atom stereocenters. The van der Waals surface area contributed by atoms with Crippen molar-refractivity contribution in [3.8, 4) is 11.3 Å². The first-order chi connectivity index (χ1) is 13.6. The Hall–Kier alpha value is -2.51. The number of hydrogen-bond acceptors (Lipinski definition) is 5. The van der Waals surface area contributed by atoms with Crippen LogP contribution in [-0.4, -0.2) is 70.3 Å². The van der Waals surface area contributed by atoms with Crippen LogP contribution in [-0.2, 0) is 4.74 Å². The number of rotatable bonds is 5. The molecule has 0 amide bonds. The Bertz CT molecular complexity index is 1020. The van der Waals surface area contributed by atoms with E-state index in [0.29, 0.717) is 18.0 Å². The fraction of sp³-hybridized carbons (Fsp3) is 0.476. The molecule has 0 atom stereocenters. The number of likely N-dealkylation sites (tertiary alicyclic amines) is 1. The minimum atomic E-state index is 0.330. The number of pyridine rings is 1. The van der Waals surface area contributed by atoms with Crippen molar-refractivity contribution >= 4 is 17.2 Å². The Morgan fingerprint density at radius 1 is 1.29 bits per heavy atom. The molecule has 0 radical (unpaired) electrons. The van der Waals surface area contributed by atoms with E-state index >= 15 is 0 Å². The summed E-state index contributed by atoms with van der Waals surface area (Å²) in [4.78, 5) is 14.5. The molecule has 0 bridgehead atoms. The van der Waals surface area contributed by atoms with Gasteiger partial charge in [-0.3, -0.25) is 14.6 Å². The van der Waals surface area contributed by atoms with Crippen LogP contribution in [0.5, 0.6) is 0 Å². The second-order valence-corrected chi connectivity index (χ2v) is 8.09. The smallest absolute Gasteiger partial charge is 0.137 e. The lowest BCUT2D eigenvalue weighted by molar-refractivity contribution is -0.0913. The fourth-order valence-electron chi connectivity index (χ4n) is 4.11. The van der Waals surface area contributed by atoms with E-state index in [1.807, 2.05) is 18.6 Å². The van der Waals surface area contributed by atoms with E-state index < -0.39 is 0 Å². The zero-order valence-corrected chi connectivity index (χ0v) is 16.6. The van der Waals surface area contributed by atoms with Gasteiger partial charge >= 0.3 is 0 Å². The average Bonchev–Trinajstić information content (AvgIpc) is 3.20. The summed E-state index contributed by atoms with van der Waals surface area (Å²) in [6.07, 6.45) is 5.70. The molecule has 0 saturated carbocycles. The van der Waals surface area contributed by atoms with Crippen LogP contribution < -0.4 is 0 Å². The zero-order valence-electron chi connectivity index (χ0n) is 16.6. The van der Waals surface area contributed by atoms with Crippen LogP contribution in [0.15, 0.2) is 29.5 Å². The molecule has 146 valence electrons. The molecule has 5 heterocycles. The van der Waals surface area contributed by atoms with Gasteiger partial charge in [0.15, 0.2) is 0 Å². The summed E-state index contributed by atoms with van der Waals surface area (Å²) in [5, 5.41) is 6.02. The summed E-state index contributed by atoms with van der Waals surface area (Å²) in [7, 11) is 1.78. The predicted molar refractivity (Wildman–Crippen MR) is 110 cm³/mol. The molecular weight excluding hydrogens is 352 g/mol. The highest BCUT2D eigenvalue weighted by Gasteiger charge is 2.38. The molecule has 0 aromatic carbocycles. The van der Waals surface area contributed by atoms with Gasteiger partial charge in [0.05, 0.1) is 24.9 Å². The first-order valence-electron chi connectivity index (χ1n) is 9.95. The summed E-state index contributed by atoms with van der Waals surface area (Å²) in [5.41, 5.74) is 5.28. The number of ether oxygens (including phenoxy) is 1. The number of aromatic amines is 1. The zero-order chi connectivity index (χ0) is 19.3. The van der Waals surface area contributed by atoms with Crippen LogP contribution in [0.1, 0.15) is 37.1 Å². The average molecular weight is 378 g/mol. The fourth-order valence-corrected chi connectivity index (χ4v) is 4.11. The summed E-state index contributed by atoms with van der Waals surface area (Å²) >= 11 is 0. The van der Waals surface area contributed by atoms with Gasteiger partial charge in [0.25, 0.3) is 0 Å². The lowest BCUT2D eigenvalue weighted by Crippen LogP contribution is -2.58. The molecule has 2 aliphatic rings. The quantitative estimate of drug-likeness (QED) is 0.693. The number of nitrogens with zero attached hydrogens (tertiary/aromatic N) is 5. The highest BCUT2D eigenvalue weighted by Crippen LogP contribution is 2.34. The number of fused-ring (bicyclic) bond motifs is 1. The lowest BCUT2D eigenvalue weighted by atomic mass is 9.92. The third-order valence-corrected chi connectivity index (χ3v) is 5.85. The maximum absolute atomic E-state index is 5.33. The number of aromatic nitrogens is 4. The SMILES string of the molecule is C/N=C\c1c[nH]c2ncc(-c3cc(C4CN(C5COC5)C4)n(C(C)C)n3)cc12. The third-order valence-electron chi connectivity index (χ3n) is 5.85. The Labute approximate surface area is 164 Å². The van der Waals surface area contributed by atoms with E-state index in [4.69, 9.17) is 9.84 Å². The molecule has 7 nitrogen and oxygen atoms in total. The van der Waals surface area contributed by atoms with Crippen molar-refractivity contribution in [2.24, 2.45) is 4.99 Å². The normalized spacial score (nSPS) is 19.0. The third kappa shape index (κ3) is 2.86. The van der Waals surface area contributed by atoms with Crippen LogP contribution >= 0.6 is 0 Å². The van der Waals surface area contributed by atoms with Crippen molar-refractivity contribution in [3.05, 3.63) is 35.8 Å². The predicted octanol–water partition coefficient (Wildman–Crippen LogP) is 2.85. The molecule has 3 aromatic heterocycles. The summed E-state index contributed by atoms with van der Waals surface area (Å²) in [6, 6.07) is 5.36. The van der Waals surface area contributed by atoms with Gasteiger partial charge in [0, 0.05) is 72.9 Å². The molecule has 28 heavy (non-hydrogen) atoms. The van der Waals surface area contributed by atoms with E-state index in [1.54, 1.807) is 7.05 Å². The van der Waals surface area contributed by atoms with Gasteiger partial charge in [-0.1, -0.05) is 0 Å². The van der Waals surface area contributed by atoms with Gasteiger partial charge in [0.2, 0.25) is 0 Å². The van der Waals surface area contributed by atoms with Crippen molar-refractivity contribution in [3.63, 3.8) is 0 Å². The van der Waals surface area contributed by atoms with Gasteiger partial charge in [-0.25, -0.2) is 4.98 Å². The van der Waals surface area contributed by atoms with E-state index in [2.05, 4.69) is 50.5 Å². The van der Waals surface area contributed by atoms with Crippen molar-refractivity contribution in [1.29, 1.82) is 0 Å². The van der Waals surface area contributed by atoms with E-state index in [0.717, 1.165) is 54.2 Å². The number of aliphatic imine (C=N–C) groups is 1. The van der Waals surface area contributed by atoms with E-state index in [9.17, 15) is 0 Å². The topological polar surface area (TPSA) is 71.3 Å². The monoisotopic (exact) mass is 378 g/mol. The largest absolute Gasteiger partial charge is 0.378 e. The van der Waals surface area contributed by atoms with Crippen LogP contribution in [0.3, 0.4) is 0 Å². The molecule has 2 aliphatic heterocycles. The Morgan fingerprint density at radius 2 is 2.11 bits per heavy atom. The maximum atomic E-state index is 5.33. The first-order valence-corrected chi connectivity index (χ1v) is 9.95. The molecule has 0 aliphatic carbocycles. The highest BCUT2D eigenvalue weighted by atomic mass is 16.5. The van der Waals surface area contributed by atoms with Crippen molar-refractivity contribution in [2.75, 3.05) is 33.4 Å². The number of hydrogen-bond donors (Lipinski definition) is 1. The standard InChI is InChI=1S/C21H26N6O/c1-13(2)27-20(16-9-26(10-16)17-11-28-12-17)5-19(25-27)14-4-18-15(6-22-3)8-24-21(18)23-7-14/h4-8,13,16-17H,9-12H2,1-3H3,(H,23,24)/b22-6-. The second-order valence-electron chi connectivity index (χ2n) is 8.09. The summed E-state index contributed by atoms with van der Waals surface area (Å²) in [6.45, 7) is 8.34. The molecule has 5 rings (SSSR count). The van der Waals surface area contributed by atoms with Gasteiger partial charge in [-0.2, -0.15) is 5.10 Å². The van der Waals surface area contributed by atoms with Gasteiger partial charge in [-0.05, 0) is 26.0 Å². The van der Waals surface area contributed by atoms with Crippen LogP contribution in [0.2, 0.25) is 0 Å². The van der Waals surface area contributed by atoms with E-state index in [-0.39, 0.29) is 0 Å². The molecular formula is C21H26N6O. The second kappa shape index (κ2) is 6.83. The molecule has 3 aromatic rings.